The van der Waals surface area contributed by atoms with Crippen molar-refractivity contribution < 1.29 is 18.8 Å². The molecule has 8 nitrogen and oxygen atoms in total. The molecule has 1 fully saturated rings. The van der Waals surface area contributed by atoms with Crippen LogP contribution >= 0.6 is 0 Å². The highest BCUT2D eigenvalue weighted by Gasteiger charge is 2.45. The molecule has 2 heterocycles. The zero-order valence-corrected chi connectivity index (χ0v) is 21.2. The third kappa shape index (κ3) is 4.41. The van der Waals surface area contributed by atoms with Gasteiger partial charge in [-0.25, -0.2) is 4.79 Å². The number of benzene rings is 2. The largest absolute Gasteiger partial charge is 0.490 e. The molecule has 1 aliphatic heterocycles. The molecule has 0 saturated carbocycles. The van der Waals surface area contributed by atoms with Crippen LogP contribution in [0, 0.1) is 17.2 Å². The van der Waals surface area contributed by atoms with E-state index >= 15 is 0 Å². The minimum absolute atomic E-state index is 0.00661. The lowest BCUT2D eigenvalue weighted by Gasteiger charge is -2.29. The molecule has 2 atom stereocenters. The van der Waals surface area contributed by atoms with Gasteiger partial charge in [0.05, 0.1) is 17.7 Å². The third-order valence-electron chi connectivity index (χ3n) is 6.52. The van der Waals surface area contributed by atoms with Gasteiger partial charge in [0.1, 0.15) is 17.4 Å². The fourth-order valence-electron chi connectivity index (χ4n) is 5.16. The summed E-state index contributed by atoms with van der Waals surface area (Å²) in [6, 6.07) is 13.5. The van der Waals surface area contributed by atoms with Gasteiger partial charge >= 0.3 is 6.09 Å². The van der Waals surface area contributed by atoms with Crippen LogP contribution in [0.25, 0.3) is 22.8 Å². The lowest BCUT2D eigenvalue weighted by Crippen LogP contribution is -2.36. The Morgan fingerprint density at radius 1 is 1.25 bits per heavy atom. The molecule has 1 amide bonds. The fourth-order valence-corrected chi connectivity index (χ4v) is 5.16. The summed E-state index contributed by atoms with van der Waals surface area (Å²) in [7, 11) is 0. The summed E-state index contributed by atoms with van der Waals surface area (Å²) in [6.07, 6.45) is 1.47. The Morgan fingerprint density at radius 3 is 2.78 bits per heavy atom. The van der Waals surface area contributed by atoms with Crippen LogP contribution in [0.2, 0.25) is 0 Å². The van der Waals surface area contributed by atoms with E-state index in [1.807, 2.05) is 57.7 Å². The highest BCUT2D eigenvalue weighted by atomic mass is 16.6. The van der Waals surface area contributed by atoms with Crippen molar-refractivity contribution in [3.63, 3.8) is 0 Å². The first-order valence-corrected chi connectivity index (χ1v) is 12.3. The number of likely N-dealkylation sites (tertiary alicyclic amines) is 1. The standard InChI is InChI=1S/C28H30N4O4/c1-16(2)34-23-10-9-18(13-19(23)15-29)26-30-25(31-36-26)21-8-6-7-20-22(21)14-17-11-12-32(24(17)20)27(33)35-28(3,4)5/h6-10,13,16-17,24H,11-12,14H2,1-5H3. The summed E-state index contributed by atoms with van der Waals surface area (Å²) in [5, 5.41) is 13.8. The van der Waals surface area contributed by atoms with E-state index in [1.54, 1.807) is 12.1 Å². The highest BCUT2D eigenvalue weighted by Crippen LogP contribution is 2.49. The van der Waals surface area contributed by atoms with Crippen LogP contribution in [-0.4, -0.2) is 39.4 Å². The Labute approximate surface area is 210 Å². The van der Waals surface area contributed by atoms with Gasteiger partial charge in [-0.2, -0.15) is 10.2 Å². The third-order valence-corrected chi connectivity index (χ3v) is 6.52. The second-order valence-electron chi connectivity index (χ2n) is 10.7. The van der Waals surface area contributed by atoms with Crippen molar-refractivity contribution >= 4 is 6.09 Å². The molecular formula is C28H30N4O4. The smallest absolute Gasteiger partial charge is 0.410 e. The van der Waals surface area contributed by atoms with E-state index in [9.17, 15) is 10.1 Å². The Balaban J connectivity index is 1.44. The number of nitrogens with zero attached hydrogens (tertiary/aromatic N) is 4. The van der Waals surface area contributed by atoms with Crippen molar-refractivity contribution in [2.45, 2.75) is 65.2 Å². The Kier molecular flexibility index (Phi) is 5.95. The minimum Gasteiger partial charge on any atom is -0.490 e. The molecule has 5 rings (SSSR count). The number of rotatable bonds is 4. The SMILES string of the molecule is CC(C)Oc1ccc(-c2nc(-c3cccc4c3CC3CCN(C(=O)OC(C)(C)C)C43)no2)cc1C#N. The molecule has 0 bridgehead atoms. The van der Waals surface area contributed by atoms with Crippen LogP contribution < -0.4 is 4.74 Å². The molecule has 0 N–H and O–H groups in total. The predicted octanol–water partition coefficient (Wildman–Crippen LogP) is 5.92. The number of nitriles is 1. The number of amides is 1. The van der Waals surface area contributed by atoms with E-state index in [4.69, 9.17) is 14.0 Å². The topological polar surface area (TPSA) is 101 Å². The highest BCUT2D eigenvalue weighted by molar-refractivity contribution is 5.72. The number of hydrogen-bond donors (Lipinski definition) is 0. The van der Waals surface area contributed by atoms with Crippen molar-refractivity contribution in [2.75, 3.05) is 6.54 Å². The summed E-state index contributed by atoms with van der Waals surface area (Å²) < 4.78 is 17.0. The lowest BCUT2D eigenvalue weighted by molar-refractivity contribution is 0.0213. The number of hydrogen-bond acceptors (Lipinski definition) is 7. The number of fused-ring (bicyclic) bond motifs is 3. The maximum absolute atomic E-state index is 12.9. The van der Waals surface area contributed by atoms with Crippen molar-refractivity contribution in [1.29, 1.82) is 5.26 Å². The van der Waals surface area contributed by atoms with Crippen LogP contribution in [0.15, 0.2) is 40.9 Å². The molecule has 1 aliphatic carbocycles. The van der Waals surface area contributed by atoms with Crippen LogP contribution in [0.5, 0.6) is 5.75 Å². The molecule has 2 unspecified atom stereocenters. The van der Waals surface area contributed by atoms with Crippen LogP contribution in [0.3, 0.4) is 0 Å². The van der Waals surface area contributed by atoms with Gasteiger partial charge < -0.3 is 18.9 Å². The quantitative estimate of drug-likeness (QED) is 0.451. The summed E-state index contributed by atoms with van der Waals surface area (Å²) in [5.74, 6) is 1.69. The van der Waals surface area contributed by atoms with E-state index in [2.05, 4.69) is 22.3 Å². The molecule has 2 aromatic carbocycles. The van der Waals surface area contributed by atoms with Gasteiger partial charge in [0.25, 0.3) is 5.89 Å². The molecule has 0 spiro atoms. The molecule has 3 aromatic rings. The zero-order chi connectivity index (χ0) is 25.6. The predicted molar refractivity (Wildman–Crippen MR) is 133 cm³/mol. The maximum Gasteiger partial charge on any atom is 0.410 e. The Bertz CT molecular complexity index is 1350. The molecule has 2 aliphatic rings. The van der Waals surface area contributed by atoms with E-state index in [-0.39, 0.29) is 18.2 Å². The molecule has 1 aromatic heterocycles. The first kappa shape index (κ1) is 23.9. The Morgan fingerprint density at radius 2 is 2.06 bits per heavy atom. The van der Waals surface area contributed by atoms with Gasteiger partial charge in [0, 0.05) is 17.7 Å². The zero-order valence-electron chi connectivity index (χ0n) is 21.2. The van der Waals surface area contributed by atoms with Crippen molar-refractivity contribution in [3.05, 3.63) is 53.1 Å². The molecule has 36 heavy (non-hydrogen) atoms. The molecule has 0 radical (unpaired) electrons. The van der Waals surface area contributed by atoms with E-state index in [0.29, 0.717) is 41.1 Å². The summed E-state index contributed by atoms with van der Waals surface area (Å²) in [4.78, 5) is 19.4. The molecule has 186 valence electrons. The average molecular weight is 487 g/mol. The number of carbonyl (C=O) groups is 1. The average Bonchev–Trinajstić information content (AvgIpc) is 3.53. The van der Waals surface area contributed by atoms with Crippen LogP contribution in [-0.2, 0) is 11.2 Å². The summed E-state index contributed by atoms with van der Waals surface area (Å²) in [6.45, 7) is 10.2. The van der Waals surface area contributed by atoms with Gasteiger partial charge in [-0.15, -0.1) is 0 Å². The number of ether oxygens (including phenoxy) is 2. The molecule has 1 saturated heterocycles. The van der Waals surface area contributed by atoms with Crippen LogP contribution in [0.4, 0.5) is 4.79 Å². The maximum atomic E-state index is 12.9. The Hall–Kier alpha value is -3.86. The first-order valence-electron chi connectivity index (χ1n) is 12.3. The summed E-state index contributed by atoms with van der Waals surface area (Å²) >= 11 is 0. The molecular weight excluding hydrogens is 456 g/mol. The van der Waals surface area contributed by atoms with Gasteiger partial charge in [0.15, 0.2) is 0 Å². The van der Waals surface area contributed by atoms with E-state index in [0.717, 1.165) is 29.5 Å². The van der Waals surface area contributed by atoms with Gasteiger partial charge in [-0.3, -0.25) is 0 Å². The van der Waals surface area contributed by atoms with Gasteiger partial charge in [-0.05, 0) is 82.7 Å². The molecule has 8 heteroatoms. The fraction of sp³-hybridized carbons (Fsp3) is 0.429. The minimum atomic E-state index is -0.538. The first-order chi connectivity index (χ1) is 17.1. The lowest BCUT2D eigenvalue weighted by atomic mass is 10.0. The normalized spacial score (nSPS) is 18.6. The van der Waals surface area contributed by atoms with Crippen LogP contribution in [0.1, 0.15) is 63.8 Å². The second kappa shape index (κ2) is 8.98. The van der Waals surface area contributed by atoms with E-state index < -0.39 is 5.60 Å². The number of aromatic nitrogens is 2. The summed E-state index contributed by atoms with van der Waals surface area (Å²) in [5.41, 5.74) is 3.70. The van der Waals surface area contributed by atoms with Crippen molar-refractivity contribution in [1.82, 2.24) is 15.0 Å². The second-order valence-corrected chi connectivity index (χ2v) is 10.7. The van der Waals surface area contributed by atoms with E-state index in [1.165, 1.54) is 0 Å². The van der Waals surface area contributed by atoms with Gasteiger partial charge in [-0.1, -0.05) is 23.4 Å². The number of carbonyl (C=O) groups excluding carboxylic acids is 1. The van der Waals surface area contributed by atoms with Crippen molar-refractivity contribution in [2.24, 2.45) is 5.92 Å². The monoisotopic (exact) mass is 486 g/mol. The van der Waals surface area contributed by atoms with Crippen molar-refractivity contribution in [3.8, 4) is 34.7 Å². The van der Waals surface area contributed by atoms with Gasteiger partial charge in [0.2, 0.25) is 5.82 Å².